The van der Waals surface area contributed by atoms with Gasteiger partial charge in [-0.05, 0) is 57.7 Å². The molecule has 1 unspecified atom stereocenters. The Hall–Kier alpha value is -3.31. The summed E-state index contributed by atoms with van der Waals surface area (Å²) in [7, 11) is 0. The molecule has 1 amide bonds. The molecule has 1 N–H and O–H groups in total. The van der Waals surface area contributed by atoms with Gasteiger partial charge < -0.3 is 19.8 Å². The molecule has 4 rings (SSSR count). The molecule has 1 aromatic carbocycles. The Kier molecular flexibility index (Phi) is 5.70. The van der Waals surface area contributed by atoms with Gasteiger partial charge in [-0.2, -0.15) is 4.68 Å². The van der Waals surface area contributed by atoms with Crippen molar-refractivity contribution in [2.24, 2.45) is 0 Å². The fraction of sp³-hybridized carbons (Fsp3) is 0.150. The average molecular weight is 502 g/mol. The van der Waals surface area contributed by atoms with Crippen LogP contribution in [-0.4, -0.2) is 30.6 Å². The zero-order chi connectivity index (χ0) is 22.1. The Bertz CT molecular complexity index is 1200. The van der Waals surface area contributed by atoms with Crippen LogP contribution in [0.1, 0.15) is 30.0 Å². The number of benzene rings is 1. The Morgan fingerprint density at radius 1 is 1.32 bits per heavy atom. The minimum absolute atomic E-state index is 0.201. The van der Waals surface area contributed by atoms with E-state index in [4.69, 9.17) is 16.6 Å². The molecule has 158 valence electrons. The van der Waals surface area contributed by atoms with Gasteiger partial charge in [0.25, 0.3) is 5.91 Å². The van der Waals surface area contributed by atoms with Gasteiger partial charge in [-0.3, -0.25) is 9.69 Å². The summed E-state index contributed by atoms with van der Waals surface area (Å²) >= 11 is 8.48. The van der Waals surface area contributed by atoms with Crippen molar-refractivity contribution >= 4 is 51.1 Å². The molecule has 31 heavy (non-hydrogen) atoms. The lowest BCUT2D eigenvalue weighted by atomic mass is 10.1. The van der Waals surface area contributed by atoms with Crippen LogP contribution in [0.15, 0.2) is 63.2 Å². The second kappa shape index (κ2) is 8.44. The second-order valence-corrected chi connectivity index (χ2v) is 8.05. The van der Waals surface area contributed by atoms with Gasteiger partial charge in [-0.15, -0.1) is 0 Å². The topological polar surface area (TPSA) is 106 Å². The number of furan rings is 1. The highest BCUT2D eigenvalue weighted by Gasteiger charge is 2.35. The van der Waals surface area contributed by atoms with Crippen LogP contribution < -0.4 is 5.32 Å². The number of nitrogens with zero attached hydrogens (tertiary/aromatic N) is 4. The lowest BCUT2D eigenvalue weighted by Gasteiger charge is -2.23. The molecule has 1 saturated heterocycles. The SMILES string of the molecule is CC(c1ccccc1)N1C(=O)/C(=C/c2ccc(Cn3cc(Br)c([N+](=O)[O-])n3)o2)NC1=S. The quantitative estimate of drug-likeness (QED) is 0.235. The predicted molar refractivity (Wildman–Crippen MR) is 120 cm³/mol. The molecule has 3 aromatic rings. The van der Waals surface area contributed by atoms with Gasteiger partial charge in [0.15, 0.2) is 5.11 Å². The van der Waals surface area contributed by atoms with Crippen LogP contribution in [0.4, 0.5) is 5.82 Å². The minimum Gasteiger partial charge on any atom is -0.460 e. The number of nitro groups is 1. The highest BCUT2D eigenvalue weighted by molar-refractivity contribution is 9.10. The summed E-state index contributed by atoms with van der Waals surface area (Å²) in [6, 6.07) is 12.8. The van der Waals surface area contributed by atoms with Crippen LogP contribution >= 0.6 is 28.1 Å². The molecule has 3 heterocycles. The van der Waals surface area contributed by atoms with Crippen molar-refractivity contribution in [2.45, 2.75) is 19.5 Å². The first kappa shape index (κ1) is 20.9. The Morgan fingerprint density at radius 3 is 2.74 bits per heavy atom. The molecule has 1 fully saturated rings. The lowest BCUT2D eigenvalue weighted by Crippen LogP contribution is -2.33. The molecule has 0 saturated carbocycles. The summed E-state index contributed by atoms with van der Waals surface area (Å²) in [6.07, 6.45) is 3.08. The van der Waals surface area contributed by atoms with Gasteiger partial charge in [-0.25, -0.2) is 0 Å². The van der Waals surface area contributed by atoms with Crippen LogP contribution in [0.5, 0.6) is 0 Å². The van der Waals surface area contributed by atoms with Crippen molar-refractivity contribution in [3.05, 3.63) is 86.0 Å². The second-order valence-electron chi connectivity index (χ2n) is 6.81. The van der Waals surface area contributed by atoms with E-state index in [2.05, 4.69) is 26.3 Å². The summed E-state index contributed by atoms with van der Waals surface area (Å²) in [6.45, 7) is 2.11. The number of rotatable bonds is 6. The molecule has 0 spiro atoms. The fourth-order valence-corrected chi connectivity index (χ4v) is 4.04. The van der Waals surface area contributed by atoms with E-state index in [1.54, 1.807) is 18.2 Å². The average Bonchev–Trinajstić information content (AvgIpc) is 3.41. The summed E-state index contributed by atoms with van der Waals surface area (Å²) in [5.41, 5.74) is 1.28. The highest BCUT2D eigenvalue weighted by Crippen LogP contribution is 2.27. The van der Waals surface area contributed by atoms with Crippen molar-refractivity contribution in [1.29, 1.82) is 0 Å². The van der Waals surface area contributed by atoms with E-state index in [-0.39, 0.29) is 28.8 Å². The third-order valence-corrected chi connectivity index (χ3v) is 5.60. The molecule has 11 heteroatoms. The Morgan fingerprint density at radius 2 is 2.06 bits per heavy atom. The molecular formula is C20H16BrN5O4S. The van der Waals surface area contributed by atoms with Crippen LogP contribution in [0.25, 0.3) is 6.08 Å². The largest absolute Gasteiger partial charge is 0.460 e. The zero-order valence-corrected chi connectivity index (χ0v) is 18.6. The van der Waals surface area contributed by atoms with Crippen molar-refractivity contribution in [3.63, 3.8) is 0 Å². The summed E-state index contributed by atoms with van der Waals surface area (Å²) in [4.78, 5) is 24.8. The van der Waals surface area contributed by atoms with E-state index in [1.165, 1.54) is 15.8 Å². The lowest BCUT2D eigenvalue weighted by molar-refractivity contribution is -0.390. The van der Waals surface area contributed by atoms with Crippen LogP contribution in [0.2, 0.25) is 0 Å². The van der Waals surface area contributed by atoms with Crippen molar-refractivity contribution in [1.82, 2.24) is 20.0 Å². The third-order valence-electron chi connectivity index (χ3n) is 4.74. The molecule has 1 aliphatic rings. The first-order valence-corrected chi connectivity index (χ1v) is 10.4. The molecule has 0 aliphatic carbocycles. The molecule has 0 radical (unpaired) electrons. The van der Waals surface area contributed by atoms with Crippen molar-refractivity contribution < 1.29 is 14.1 Å². The van der Waals surface area contributed by atoms with E-state index < -0.39 is 4.92 Å². The van der Waals surface area contributed by atoms with E-state index >= 15 is 0 Å². The predicted octanol–water partition coefficient (Wildman–Crippen LogP) is 4.01. The first-order chi connectivity index (χ1) is 14.8. The molecular weight excluding hydrogens is 486 g/mol. The number of hydrogen-bond acceptors (Lipinski definition) is 6. The maximum absolute atomic E-state index is 12.9. The van der Waals surface area contributed by atoms with Gasteiger partial charge >= 0.3 is 5.82 Å². The Labute approximate surface area is 190 Å². The molecule has 0 bridgehead atoms. The first-order valence-electron chi connectivity index (χ1n) is 9.20. The normalized spacial score (nSPS) is 16.1. The summed E-state index contributed by atoms with van der Waals surface area (Å²) < 4.78 is 7.43. The standard InChI is InChI=1S/C20H16BrN5O4S/c1-12(13-5-3-2-4-6-13)25-19(27)17(22-20(25)31)9-14-7-8-15(30-14)10-24-11-16(21)18(23-24)26(28)29/h2-9,11-12H,10H2,1H3,(H,22,31)/b17-9-. The number of nitrogens with one attached hydrogen (secondary N) is 1. The Balaban J connectivity index is 1.50. The summed E-state index contributed by atoms with van der Waals surface area (Å²) in [5.74, 6) is 0.463. The van der Waals surface area contributed by atoms with Gasteiger partial charge in [0.05, 0.1) is 17.3 Å². The number of aromatic nitrogens is 2. The molecule has 1 aliphatic heterocycles. The number of carbonyl (C=O) groups excluding carboxylic acids is 1. The number of amides is 1. The van der Waals surface area contributed by atoms with Gasteiger partial charge in [0.1, 0.15) is 28.2 Å². The van der Waals surface area contributed by atoms with Crippen molar-refractivity contribution in [3.8, 4) is 0 Å². The van der Waals surface area contributed by atoms with Gasteiger partial charge in [-0.1, -0.05) is 30.3 Å². The number of hydrogen-bond donors (Lipinski definition) is 1. The number of carbonyl (C=O) groups is 1. The monoisotopic (exact) mass is 501 g/mol. The van der Waals surface area contributed by atoms with Crippen LogP contribution in [-0.2, 0) is 11.3 Å². The smallest absolute Gasteiger partial charge is 0.404 e. The van der Waals surface area contributed by atoms with Crippen LogP contribution in [0, 0.1) is 10.1 Å². The zero-order valence-electron chi connectivity index (χ0n) is 16.2. The van der Waals surface area contributed by atoms with Gasteiger partial charge in [0, 0.05) is 6.08 Å². The van der Waals surface area contributed by atoms with Crippen molar-refractivity contribution in [2.75, 3.05) is 0 Å². The molecule has 1 atom stereocenters. The van der Waals surface area contributed by atoms with E-state index in [0.717, 1.165) is 5.56 Å². The maximum atomic E-state index is 12.9. The molecule has 2 aromatic heterocycles. The minimum atomic E-state index is -0.568. The molecule has 9 nitrogen and oxygen atoms in total. The van der Waals surface area contributed by atoms with Crippen LogP contribution in [0.3, 0.4) is 0 Å². The van der Waals surface area contributed by atoms with E-state index in [0.29, 0.717) is 22.3 Å². The summed E-state index contributed by atoms with van der Waals surface area (Å²) in [5, 5.41) is 18.1. The fourth-order valence-electron chi connectivity index (χ4n) is 3.23. The van der Waals surface area contributed by atoms with E-state index in [9.17, 15) is 14.9 Å². The third kappa shape index (κ3) is 4.28. The highest BCUT2D eigenvalue weighted by atomic mass is 79.9. The van der Waals surface area contributed by atoms with E-state index in [1.807, 2.05) is 37.3 Å². The van der Waals surface area contributed by atoms with Gasteiger partial charge in [0.2, 0.25) is 0 Å². The number of thiocarbonyl (C=S) groups is 1. The number of halogens is 1. The maximum Gasteiger partial charge on any atom is 0.404 e.